The molecule has 0 atom stereocenters. The van der Waals surface area contributed by atoms with E-state index in [0.717, 1.165) is 0 Å². The summed E-state index contributed by atoms with van der Waals surface area (Å²) in [6.45, 7) is 1.37. The van der Waals surface area contributed by atoms with E-state index >= 15 is 0 Å². The lowest BCUT2D eigenvalue weighted by Crippen LogP contribution is -2.11. The van der Waals surface area contributed by atoms with Crippen LogP contribution < -0.4 is 0 Å². The molecule has 0 bridgehead atoms. The highest BCUT2D eigenvalue weighted by Crippen LogP contribution is 2.36. The second kappa shape index (κ2) is 3.99. The molecule has 0 aromatic heterocycles. The van der Waals surface area contributed by atoms with Crippen molar-refractivity contribution < 1.29 is 26.3 Å². The highest BCUT2D eigenvalue weighted by Gasteiger charge is 2.36. The largest absolute Gasteiger partial charge is 0.416 e. The molecule has 0 nitrogen and oxygen atoms in total. The van der Waals surface area contributed by atoms with Gasteiger partial charge in [0.15, 0.2) is 0 Å². The quantitative estimate of drug-likeness (QED) is 0.643. The van der Waals surface area contributed by atoms with Gasteiger partial charge >= 0.3 is 12.4 Å². The zero-order valence-corrected chi connectivity index (χ0v) is 8.08. The van der Waals surface area contributed by atoms with E-state index in [1.54, 1.807) is 0 Å². The maximum atomic E-state index is 12.3. The number of hydrogen-bond acceptors (Lipinski definition) is 0. The highest BCUT2D eigenvalue weighted by molar-refractivity contribution is 5.36. The fraction of sp³-hybridized carbons (Fsp3) is 0.300. The first kappa shape index (κ1) is 12.9. The molecule has 1 aromatic carbocycles. The van der Waals surface area contributed by atoms with Crippen molar-refractivity contribution in [1.82, 2.24) is 0 Å². The third kappa shape index (κ3) is 2.90. The molecule has 0 aliphatic carbocycles. The number of benzene rings is 1. The molecule has 6 heteroatoms. The molecular weight excluding hydrogens is 234 g/mol. The minimum atomic E-state index is -4.78. The Balaban J connectivity index is 3.33. The van der Waals surface area contributed by atoms with Crippen molar-refractivity contribution in [2.24, 2.45) is 0 Å². The molecule has 0 N–H and O–H groups in total. The van der Waals surface area contributed by atoms with Crippen LogP contribution in [-0.4, -0.2) is 0 Å². The van der Waals surface area contributed by atoms with Crippen molar-refractivity contribution in [2.75, 3.05) is 0 Å². The van der Waals surface area contributed by atoms with E-state index in [1.165, 1.54) is 13.3 Å². The predicted molar refractivity (Wildman–Crippen MR) is 45.5 cm³/mol. The van der Waals surface area contributed by atoms with Gasteiger partial charge in [-0.3, -0.25) is 0 Å². The highest BCUT2D eigenvalue weighted by atomic mass is 19.4. The maximum Gasteiger partial charge on any atom is 0.416 e. The van der Waals surface area contributed by atoms with Crippen molar-refractivity contribution in [1.29, 1.82) is 0 Å². The zero-order valence-electron chi connectivity index (χ0n) is 8.08. The van der Waals surface area contributed by atoms with Gasteiger partial charge in [0.05, 0.1) is 11.1 Å². The minimum Gasteiger partial charge on any atom is -0.166 e. The van der Waals surface area contributed by atoms with Crippen LogP contribution in [0.5, 0.6) is 0 Å². The summed E-state index contributed by atoms with van der Waals surface area (Å²) in [5.41, 5.74) is -2.70. The lowest BCUT2D eigenvalue weighted by Gasteiger charge is -2.13. The minimum absolute atomic E-state index is 0.104. The summed E-state index contributed by atoms with van der Waals surface area (Å²) >= 11 is 0. The Morgan fingerprint density at radius 3 is 1.44 bits per heavy atom. The Hall–Kier alpha value is -1.20. The van der Waals surface area contributed by atoms with Gasteiger partial charge in [-0.05, 0) is 30.2 Å². The number of hydrogen-bond donors (Lipinski definition) is 0. The molecule has 1 aromatic rings. The van der Waals surface area contributed by atoms with E-state index in [-0.39, 0.29) is 11.6 Å². The van der Waals surface area contributed by atoms with Gasteiger partial charge in [0.2, 0.25) is 0 Å². The van der Waals surface area contributed by atoms with Crippen molar-refractivity contribution >= 4 is 0 Å². The van der Waals surface area contributed by atoms with Crippen molar-refractivity contribution in [3.63, 3.8) is 0 Å². The molecule has 0 saturated heterocycles. The van der Waals surface area contributed by atoms with Crippen LogP contribution in [-0.2, 0) is 12.4 Å². The van der Waals surface area contributed by atoms with Crippen LogP contribution in [0.4, 0.5) is 26.3 Å². The third-order valence-corrected chi connectivity index (χ3v) is 1.94. The van der Waals surface area contributed by atoms with Gasteiger partial charge in [-0.2, -0.15) is 26.3 Å². The summed E-state index contributed by atoms with van der Waals surface area (Å²) in [6, 6.07) is 1.46. The van der Waals surface area contributed by atoms with E-state index < -0.39 is 23.5 Å². The van der Waals surface area contributed by atoms with Gasteiger partial charge in [-0.25, -0.2) is 0 Å². The molecule has 0 heterocycles. The average molecular weight is 241 g/mol. The second-order valence-corrected chi connectivity index (χ2v) is 3.13. The zero-order chi connectivity index (χ0) is 12.6. The molecule has 1 rings (SSSR count). The van der Waals surface area contributed by atoms with E-state index in [1.807, 2.05) is 0 Å². The summed E-state index contributed by atoms with van der Waals surface area (Å²) in [5.74, 6) is 0. The number of alkyl halides is 6. The topological polar surface area (TPSA) is 0 Å². The fourth-order valence-electron chi connectivity index (χ4n) is 1.15. The van der Waals surface area contributed by atoms with Crippen LogP contribution in [0.15, 0.2) is 18.2 Å². The smallest absolute Gasteiger partial charge is 0.166 e. The number of rotatable bonds is 1. The van der Waals surface area contributed by atoms with Crippen LogP contribution >= 0.6 is 0 Å². The lowest BCUT2D eigenvalue weighted by atomic mass is 10.0. The maximum absolute atomic E-state index is 12.3. The SMILES string of the molecule is C[CH]c1cc(C(F)(F)F)cc(C(F)(F)F)c1. The van der Waals surface area contributed by atoms with E-state index in [9.17, 15) is 26.3 Å². The first-order chi connectivity index (χ1) is 7.14. The van der Waals surface area contributed by atoms with Gasteiger partial charge in [0, 0.05) is 0 Å². The summed E-state index contributed by atoms with van der Waals surface area (Å²) in [7, 11) is 0. The molecule has 0 aliphatic rings. The lowest BCUT2D eigenvalue weighted by molar-refractivity contribution is -0.143. The van der Waals surface area contributed by atoms with Crippen molar-refractivity contribution in [2.45, 2.75) is 19.3 Å². The van der Waals surface area contributed by atoms with Gasteiger partial charge in [0.25, 0.3) is 0 Å². The molecular formula is C10H7F6. The van der Waals surface area contributed by atoms with E-state index in [4.69, 9.17) is 0 Å². The van der Waals surface area contributed by atoms with Crippen LogP contribution in [0.1, 0.15) is 23.6 Å². The van der Waals surface area contributed by atoms with Crippen molar-refractivity contribution in [3.05, 3.63) is 41.3 Å². The molecule has 0 saturated carbocycles. The molecule has 1 radical (unpaired) electrons. The van der Waals surface area contributed by atoms with Crippen LogP contribution in [0, 0.1) is 6.42 Å². The molecule has 0 spiro atoms. The average Bonchev–Trinajstić information content (AvgIpc) is 2.14. The molecule has 89 valence electrons. The third-order valence-electron chi connectivity index (χ3n) is 1.94. The number of halogens is 6. The summed E-state index contributed by atoms with van der Waals surface area (Å²) in [6.07, 6.45) is -8.37. The Kier molecular flexibility index (Phi) is 3.21. The van der Waals surface area contributed by atoms with Crippen molar-refractivity contribution in [3.8, 4) is 0 Å². The molecule has 0 fully saturated rings. The fourth-order valence-corrected chi connectivity index (χ4v) is 1.15. The molecule has 0 amide bonds. The first-order valence-corrected chi connectivity index (χ1v) is 4.23. The molecule has 0 aliphatic heterocycles. The van der Waals surface area contributed by atoms with Gasteiger partial charge < -0.3 is 0 Å². The van der Waals surface area contributed by atoms with Crippen LogP contribution in [0.2, 0.25) is 0 Å². The van der Waals surface area contributed by atoms with Crippen LogP contribution in [0.3, 0.4) is 0 Å². The Labute approximate surface area is 87.9 Å². The van der Waals surface area contributed by atoms with Gasteiger partial charge in [-0.15, -0.1) is 0 Å². The van der Waals surface area contributed by atoms with E-state index in [0.29, 0.717) is 12.1 Å². The normalized spacial score (nSPS) is 12.9. The predicted octanol–water partition coefficient (Wildman–Crippen LogP) is 4.30. The summed E-state index contributed by atoms with van der Waals surface area (Å²) in [5, 5.41) is 0. The molecule has 0 unspecified atom stereocenters. The molecule has 16 heavy (non-hydrogen) atoms. The van der Waals surface area contributed by atoms with Gasteiger partial charge in [-0.1, -0.05) is 6.92 Å². The van der Waals surface area contributed by atoms with Gasteiger partial charge in [0.1, 0.15) is 0 Å². The summed E-state index contributed by atoms with van der Waals surface area (Å²) in [4.78, 5) is 0. The second-order valence-electron chi connectivity index (χ2n) is 3.13. The Bertz CT molecular complexity index is 342. The van der Waals surface area contributed by atoms with Crippen LogP contribution in [0.25, 0.3) is 0 Å². The summed E-state index contributed by atoms with van der Waals surface area (Å²) < 4.78 is 73.7. The monoisotopic (exact) mass is 241 g/mol. The first-order valence-electron chi connectivity index (χ1n) is 4.23. The van der Waals surface area contributed by atoms with E-state index in [2.05, 4.69) is 0 Å². The Morgan fingerprint density at radius 1 is 0.812 bits per heavy atom. The standard InChI is InChI=1S/C10H7F6/c1-2-6-3-7(9(11,12)13)5-8(4-6)10(14,15)16/h2-5H,1H3. The Morgan fingerprint density at radius 2 is 1.19 bits per heavy atom.